The number of benzene rings is 2. The number of nitrogens with zero attached hydrogens (tertiary/aromatic N) is 2. The molecule has 2 aromatic carbocycles. The van der Waals surface area contributed by atoms with Crippen LogP contribution in [0.3, 0.4) is 0 Å². The number of hydrogen-bond donors (Lipinski definition) is 1. The highest BCUT2D eigenvalue weighted by atomic mass is 32.1. The Morgan fingerprint density at radius 1 is 0.962 bits per heavy atom. The van der Waals surface area contributed by atoms with Crippen LogP contribution in [0.2, 0.25) is 0 Å². The zero-order valence-electron chi connectivity index (χ0n) is 14.0. The lowest BCUT2D eigenvalue weighted by Crippen LogP contribution is -1.89. The van der Waals surface area contributed by atoms with Gasteiger partial charge in [0.25, 0.3) is 5.69 Å². The van der Waals surface area contributed by atoms with Gasteiger partial charge in [0.15, 0.2) is 0 Å². The molecule has 0 amide bonds. The molecule has 0 atom stereocenters. The first-order valence-corrected chi connectivity index (χ1v) is 8.91. The minimum absolute atomic E-state index is 0.113. The molecular weight excluding hydrogens is 346 g/mol. The Bertz CT molecular complexity index is 1080. The van der Waals surface area contributed by atoms with Gasteiger partial charge in [-0.05, 0) is 25.1 Å². The quantitative estimate of drug-likeness (QED) is 0.375. The summed E-state index contributed by atoms with van der Waals surface area (Å²) in [7, 11) is 0. The standard InChI is InChI=1S/C20H15N3O2S/c1-13-19(14-7-3-2-4-8-14)22-20(21-13)18-12-11-17(26-18)15-9-5-6-10-16(15)23(24)25/h2-12H,1H3,(H,21,22). The molecular formula is C20H15N3O2S. The zero-order chi connectivity index (χ0) is 18.1. The summed E-state index contributed by atoms with van der Waals surface area (Å²) in [5.74, 6) is 0.774. The Morgan fingerprint density at radius 2 is 1.65 bits per heavy atom. The summed E-state index contributed by atoms with van der Waals surface area (Å²) in [6.07, 6.45) is 0. The second kappa shape index (κ2) is 6.57. The maximum atomic E-state index is 11.3. The van der Waals surface area contributed by atoms with E-state index < -0.39 is 0 Å². The Morgan fingerprint density at radius 3 is 2.42 bits per heavy atom. The Labute approximate surface area is 154 Å². The first-order chi connectivity index (χ1) is 12.6. The third-order valence-electron chi connectivity index (χ3n) is 4.14. The van der Waals surface area contributed by atoms with Gasteiger partial charge in [0.05, 0.1) is 21.1 Å². The number of aromatic nitrogens is 2. The molecule has 0 unspecified atom stereocenters. The second-order valence-electron chi connectivity index (χ2n) is 5.86. The molecule has 0 aliphatic rings. The third-order valence-corrected chi connectivity index (χ3v) is 5.26. The highest BCUT2D eigenvalue weighted by molar-refractivity contribution is 7.18. The lowest BCUT2D eigenvalue weighted by atomic mass is 10.1. The van der Waals surface area contributed by atoms with Crippen LogP contribution in [0.15, 0.2) is 66.7 Å². The number of thiophene rings is 1. The Kier molecular flexibility index (Phi) is 4.10. The fourth-order valence-corrected chi connectivity index (χ4v) is 3.89. The molecule has 2 aromatic heterocycles. The number of hydrogen-bond acceptors (Lipinski definition) is 4. The van der Waals surface area contributed by atoms with Crippen molar-refractivity contribution in [2.45, 2.75) is 6.92 Å². The molecule has 0 spiro atoms. The third kappa shape index (κ3) is 2.91. The molecule has 4 rings (SSSR count). The first-order valence-electron chi connectivity index (χ1n) is 8.09. The summed E-state index contributed by atoms with van der Waals surface area (Å²) >= 11 is 1.49. The predicted octanol–water partition coefficient (Wildman–Crippen LogP) is 5.69. The molecule has 2 heterocycles. The van der Waals surface area contributed by atoms with Crippen LogP contribution in [-0.2, 0) is 0 Å². The van der Waals surface area contributed by atoms with Gasteiger partial charge in [0, 0.05) is 22.2 Å². The van der Waals surface area contributed by atoms with Gasteiger partial charge in [-0.3, -0.25) is 10.1 Å². The van der Waals surface area contributed by atoms with E-state index in [-0.39, 0.29) is 10.6 Å². The van der Waals surface area contributed by atoms with Crippen LogP contribution in [-0.4, -0.2) is 14.9 Å². The molecule has 5 nitrogen and oxygen atoms in total. The average molecular weight is 361 g/mol. The molecule has 4 aromatic rings. The Balaban J connectivity index is 1.73. The number of nitro benzene ring substituents is 1. The summed E-state index contributed by atoms with van der Waals surface area (Å²) in [5, 5.41) is 11.3. The van der Waals surface area contributed by atoms with Gasteiger partial charge in [-0.15, -0.1) is 11.3 Å². The van der Waals surface area contributed by atoms with Crippen LogP contribution in [0.25, 0.3) is 32.4 Å². The summed E-state index contributed by atoms with van der Waals surface area (Å²) in [6.45, 7) is 2.00. The fourth-order valence-electron chi connectivity index (χ4n) is 2.91. The minimum Gasteiger partial charge on any atom is -0.341 e. The highest BCUT2D eigenvalue weighted by Gasteiger charge is 2.17. The van der Waals surface area contributed by atoms with Crippen molar-refractivity contribution in [2.24, 2.45) is 0 Å². The van der Waals surface area contributed by atoms with Crippen LogP contribution < -0.4 is 0 Å². The van der Waals surface area contributed by atoms with E-state index >= 15 is 0 Å². The van der Waals surface area contributed by atoms with E-state index in [4.69, 9.17) is 4.98 Å². The molecule has 0 fully saturated rings. The average Bonchev–Trinajstić information content (AvgIpc) is 3.29. The number of imidazole rings is 1. The zero-order valence-corrected chi connectivity index (χ0v) is 14.8. The molecule has 0 saturated heterocycles. The van der Waals surface area contributed by atoms with E-state index in [1.807, 2.05) is 55.5 Å². The van der Waals surface area contributed by atoms with Crippen molar-refractivity contribution >= 4 is 17.0 Å². The van der Waals surface area contributed by atoms with Gasteiger partial charge in [-0.25, -0.2) is 4.98 Å². The summed E-state index contributed by atoms with van der Waals surface area (Å²) < 4.78 is 0. The van der Waals surface area contributed by atoms with Crippen molar-refractivity contribution in [2.75, 3.05) is 0 Å². The van der Waals surface area contributed by atoms with Crippen molar-refractivity contribution in [3.63, 3.8) is 0 Å². The van der Waals surface area contributed by atoms with Crippen LogP contribution in [0.4, 0.5) is 5.69 Å². The molecule has 128 valence electrons. The maximum absolute atomic E-state index is 11.3. The molecule has 6 heteroatoms. The lowest BCUT2D eigenvalue weighted by Gasteiger charge is -1.99. The van der Waals surface area contributed by atoms with E-state index in [0.717, 1.165) is 32.5 Å². The van der Waals surface area contributed by atoms with Gasteiger partial charge >= 0.3 is 0 Å². The molecule has 26 heavy (non-hydrogen) atoms. The van der Waals surface area contributed by atoms with Crippen LogP contribution in [0.5, 0.6) is 0 Å². The molecule has 0 saturated carbocycles. The monoisotopic (exact) mass is 361 g/mol. The topological polar surface area (TPSA) is 71.8 Å². The van der Waals surface area contributed by atoms with Crippen LogP contribution >= 0.6 is 11.3 Å². The number of nitrogens with one attached hydrogen (secondary N) is 1. The predicted molar refractivity (Wildman–Crippen MR) is 104 cm³/mol. The maximum Gasteiger partial charge on any atom is 0.278 e. The molecule has 0 aliphatic heterocycles. The second-order valence-corrected chi connectivity index (χ2v) is 6.95. The van der Waals surface area contributed by atoms with Crippen molar-refractivity contribution in [1.82, 2.24) is 9.97 Å². The van der Waals surface area contributed by atoms with Gasteiger partial charge in [0.1, 0.15) is 5.82 Å². The van der Waals surface area contributed by atoms with Gasteiger partial charge < -0.3 is 4.98 Å². The molecule has 0 radical (unpaired) electrons. The van der Waals surface area contributed by atoms with E-state index in [2.05, 4.69) is 4.98 Å². The van der Waals surface area contributed by atoms with E-state index in [0.29, 0.717) is 5.56 Å². The highest BCUT2D eigenvalue weighted by Crippen LogP contribution is 2.38. The van der Waals surface area contributed by atoms with Crippen molar-refractivity contribution in [3.05, 3.63) is 82.5 Å². The van der Waals surface area contributed by atoms with Crippen molar-refractivity contribution in [3.8, 4) is 32.4 Å². The summed E-state index contributed by atoms with van der Waals surface area (Å²) in [5.41, 5.74) is 3.71. The van der Waals surface area contributed by atoms with Crippen molar-refractivity contribution in [1.29, 1.82) is 0 Å². The van der Waals surface area contributed by atoms with E-state index in [1.165, 1.54) is 17.4 Å². The van der Waals surface area contributed by atoms with Gasteiger partial charge in [-0.2, -0.15) is 0 Å². The largest absolute Gasteiger partial charge is 0.341 e. The van der Waals surface area contributed by atoms with Gasteiger partial charge in [0.2, 0.25) is 0 Å². The first kappa shape index (κ1) is 16.2. The van der Waals surface area contributed by atoms with Crippen LogP contribution in [0, 0.1) is 17.0 Å². The SMILES string of the molecule is Cc1[nH]c(-c2ccc(-c3ccccc3[N+](=O)[O-])s2)nc1-c1ccccc1. The van der Waals surface area contributed by atoms with E-state index in [9.17, 15) is 10.1 Å². The number of nitro groups is 1. The summed E-state index contributed by atoms with van der Waals surface area (Å²) in [4.78, 5) is 20.8. The number of H-pyrrole nitrogens is 1. The van der Waals surface area contributed by atoms with E-state index in [1.54, 1.807) is 12.1 Å². The molecule has 0 aliphatic carbocycles. The van der Waals surface area contributed by atoms with Crippen LogP contribution in [0.1, 0.15) is 5.69 Å². The Hall–Kier alpha value is -3.25. The lowest BCUT2D eigenvalue weighted by molar-refractivity contribution is -0.384. The smallest absolute Gasteiger partial charge is 0.278 e. The minimum atomic E-state index is -0.348. The number of aryl methyl sites for hydroxylation is 1. The molecule has 1 N–H and O–H groups in total. The van der Waals surface area contributed by atoms with Gasteiger partial charge in [-0.1, -0.05) is 42.5 Å². The number of para-hydroxylation sites is 1. The number of rotatable bonds is 4. The van der Waals surface area contributed by atoms with Crippen molar-refractivity contribution < 1.29 is 4.92 Å². The fraction of sp³-hybridized carbons (Fsp3) is 0.0500. The normalized spacial score (nSPS) is 10.8. The summed E-state index contributed by atoms with van der Waals surface area (Å²) in [6, 6.07) is 20.7. The molecule has 0 bridgehead atoms. The number of aromatic amines is 1.